The van der Waals surface area contributed by atoms with E-state index in [-0.39, 0.29) is 18.0 Å². The third-order valence-electron chi connectivity index (χ3n) is 7.59. The number of hydrogen-bond donors (Lipinski definition) is 1. The molecule has 2 unspecified atom stereocenters. The molecule has 4 aliphatic heterocycles. The number of carbonyl (C=O) groups is 3. The molecule has 0 aromatic heterocycles. The van der Waals surface area contributed by atoms with Crippen molar-refractivity contribution in [2.24, 2.45) is 11.8 Å². The van der Waals surface area contributed by atoms with E-state index < -0.39 is 0 Å². The second kappa shape index (κ2) is 8.52. The number of benzene rings is 1. The highest BCUT2D eigenvalue weighted by atomic mass is 16.2. The second-order valence-corrected chi connectivity index (χ2v) is 9.66. The van der Waals surface area contributed by atoms with E-state index >= 15 is 0 Å². The molecule has 5 rings (SSSR count). The summed E-state index contributed by atoms with van der Waals surface area (Å²) in [4.78, 5) is 44.1. The number of hydrogen-bond acceptors (Lipinski definition) is 3. The van der Waals surface area contributed by atoms with Gasteiger partial charge >= 0.3 is 6.03 Å². The van der Waals surface area contributed by atoms with Crippen LogP contribution in [0.25, 0.3) is 0 Å². The Hall–Kier alpha value is -2.57. The van der Waals surface area contributed by atoms with Gasteiger partial charge in [0.15, 0.2) is 0 Å². The minimum Gasteiger partial charge on any atom is -0.349 e. The highest BCUT2D eigenvalue weighted by molar-refractivity contribution is 5.94. The molecule has 1 aromatic carbocycles. The maximum atomic E-state index is 13.2. The van der Waals surface area contributed by atoms with Crippen molar-refractivity contribution in [3.63, 3.8) is 0 Å². The van der Waals surface area contributed by atoms with Crippen molar-refractivity contribution in [2.45, 2.75) is 50.6 Å². The Morgan fingerprint density at radius 2 is 1.71 bits per heavy atom. The number of carbonyl (C=O) groups excluding carboxylic acids is 3. The Labute approximate surface area is 183 Å². The normalized spacial score (nSPS) is 28.8. The molecule has 7 nitrogen and oxygen atoms in total. The van der Waals surface area contributed by atoms with E-state index in [2.05, 4.69) is 10.2 Å². The smallest absolute Gasteiger partial charge is 0.320 e. The molecule has 4 amide bonds. The number of fused-ring (bicyclic) bond motifs is 4. The molecule has 4 aliphatic rings. The molecule has 1 N–H and O–H groups in total. The van der Waals surface area contributed by atoms with Gasteiger partial charge < -0.3 is 20.0 Å². The van der Waals surface area contributed by atoms with Crippen LogP contribution in [0, 0.1) is 11.8 Å². The average Bonchev–Trinajstić information content (AvgIpc) is 2.80. The molecule has 0 saturated carbocycles. The SMILES string of the molecule is O=C(NC1CCN(C(=O)N2CC3CC(C2)[C@H]2CCCC(=O)N2C3)CC1)c1ccccc1. The number of piperidine rings is 4. The molecule has 4 fully saturated rings. The van der Waals surface area contributed by atoms with Crippen molar-refractivity contribution >= 4 is 17.8 Å². The van der Waals surface area contributed by atoms with E-state index in [1.54, 1.807) is 0 Å². The van der Waals surface area contributed by atoms with Crippen LogP contribution in [-0.2, 0) is 4.79 Å². The molecule has 0 spiro atoms. The summed E-state index contributed by atoms with van der Waals surface area (Å²) in [5.41, 5.74) is 0.677. The van der Waals surface area contributed by atoms with E-state index in [1.807, 2.05) is 40.1 Å². The van der Waals surface area contributed by atoms with Crippen LogP contribution >= 0.6 is 0 Å². The Bertz CT molecular complexity index is 836. The lowest BCUT2D eigenvalue weighted by Gasteiger charge is -2.53. The molecule has 4 heterocycles. The fraction of sp³-hybridized carbons (Fsp3) is 0.625. The summed E-state index contributed by atoms with van der Waals surface area (Å²) >= 11 is 0. The maximum Gasteiger partial charge on any atom is 0.320 e. The van der Waals surface area contributed by atoms with Crippen LogP contribution in [0.2, 0.25) is 0 Å². The van der Waals surface area contributed by atoms with Crippen molar-refractivity contribution in [1.29, 1.82) is 0 Å². The lowest BCUT2D eigenvalue weighted by molar-refractivity contribution is -0.144. The highest BCUT2D eigenvalue weighted by Gasteiger charge is 2.45. The van der Waals surface area contributed by atoms with Crippen LogP contribution in [0.15, 0.2) is 30.3 Å². The van der Waals surface area contributed by atoms with E-state index in [9.17, 15) is 14.4 Å². The number of nitrogens with zero attached hydrogens (tertiary/aromatic N) is 3. The summed E-state index contributed by atoms with van der Waals surface area (Å²) in [7, 11) is 0. The predicted molar refractivity (Wildman–Crippen MR) is 116 cm³/mol. The first kappa shape index (κ1) is 20.3. The van der Waals surface area contributed by atoms with Crippen LogP contribution < -0.4 is 5.32 Å². The predicted octanol–water partition coefficient (Wildman–Crippen LogP) is 2.33. The van der Waals surface area contributed by atoms with Gasteiger partial charge in [-0.2, -0.15) is 0 Å². The summed E-state index contributed by atoms with van der Waals surface area (Å²) in [6.07, 6.45) is 5.47. The van der Waals surface area contributed by atoms with Crippen molar-refractivity contribution in [2.75, 3.05) is 32.7 Å². The summed E-state index contributed by atoms with van der Waals surface area (Å²) < 4.78 is 0. The van der Waals surface area contributed by atoms with Gasteiger partial charge in [0.05, 0.1) is 0 Å². The van der Waals surface area contributed by atoms with Crippen LogP contribution in [0.5, 0.6) is 0 Å². The van der Waals surface area contributed by atoms with Gasteiger partial charge in [-0.3, -0.25) is 9.59 Å². The second-order valence-electron chi connectivity index (χ2n) is 9.66. The van der Waals surface area contributed by atoms with Crippen LogP contribution in [0.3, 0.4) is 0 Å². The molecule has 3 atom stereocenters. The Morgan fingerprint density at radius 1 is 0.935 bits per heavy atom. The lowest BCUT2D eigenvalue weighted by Crippen LogP contribution is -2.62. The molecule has 0 aliphatic carbocycles. The first-order chi connectivity index (χ1) is 15.1. The molecule has 4 saturated heterocycles. The highest BCUT2D eigenvalue weighted by Crippen LogP contribution is 2.38. The summed E-state index contributed by atoms with van der Waals surface area (Å²) in [5, 5.41) is 3.11. The quantitative estimate of drug-likeness (QED) is 0.792. The molecule has 1 aromatic rings. The average molecular weight is 425 g/mol. The zero-order valence-corrected chi connectivity index (χ0v) is 18.0. The van der Waals surface area contributed by atoms with Crippen molar-refractivity contribution in [3.8, 4) is 0 Å². The summed E-state index contributed by atoms with van der Waals surface area (Å²) in [6, 6.07) is 9.85. The minimum atomic E-state index is -0.0409. The van der Waals surface area contributed by atoms with Gasteiger partial charge in [0.2, 0.25) is 5.91 Å². The van der Waals surface area contributed by atoms with Gasteiger partial charge in [-0.25, -0.2) is 4.79 Å². The molecule has 31 heavy (non-hydrogen) atoms. The Morgan fingerprint density at radius 3 is 2.48 bits per heavy atom. The van der Waals surface area contributed by atoms with E-state index in [0.29, 0.717) is 48.9 Å². The fourth-order valence-corrected chi connectivity index (χ4v) is 6.04. The molecule has 2 bridgehead atoms. The first-order valence-electron chi connectivity index (χ1n) is 11.8. The van der Waals surface area contributed by atoms with Gasteiger partial charge in [-0.1, -0.05) is 18.2 Å². The molecular formula is C24H32N4O3. The van der Waals surface area contributed by atoms with Crippen LogP contribution in [-0.4, -0.2) is 77.4 Å². The van der Waals surface area contributed by atoms with Crippen LogP contribution in [0.4, 0.5) is 4.79 Å². The van der Waals surface area contributed by atoms with Crippen molar-refractivity contribution in [3.05, 3.63) is 35.9 Å². The molecule has 7 heteroatoms. The maximum absolute atomic E-state index is 13.2. The minimum absolute atomic E-state index is 0.0409. The van der Waals surface area contributed by atoms with Gasteiger partial charge in [-0.15, -0.1) is 0 Å². The third-order valence-corrected chi connectivity index (χ3v) is 7.59. The lowest BCUT2D eigenvalue weighted by atomic mass is 9.76. The van der Waals surface area contributed by atoms with Crippen molar-refractivity contribution in [1.82, 2.24) is 20.0 Å². The van der Waals surface area contributed by atoms with E-state index in [4.69, 9.17) is 0 Å². The topological polar surface area (TPSA) is 73.0 Å². The standard InChI is InChI=1S/C24H32N4O3/c29-22-8-4-7-21-19-13-17(15-28(21)22)14-27(16-19)24(31)26-11-9-20(10-12-26)25-23(30)18-5-2-1-3-6-18/h1-3,5-6,17,19-21H,4,7-16H2,(H,25,30)/t17?,19?,21-/m1/s1. The zero-order chi connectivity index (χ0) is 21.4. The number of amides is 4. The van der Waals surface area contributed by atoms with Gasteiger partial charge in [0, 0.05) is 56.8 Å². The number of likely N-dealkylation sites (tertiary alicyclic amines) is 2. The Balaban J connectivity index is 1.14. The van der Waals surface area contributed by atoms with Gasteiger partial charge in [0.1, 0.15) is 0 Å². The summed E-state index contributed by atoms with van der Waals surface area (Å²) in [5.74, 6) is 1.10. The first-order valence-corrected chi connectivity index (χ1v) is 11.8. The van der Waals surface area contributed by atoms with Gasteiger partial charge in [0.25, 0.3) is 5.91 Å². The van der Waals surface area contributed by atoms with Crippen LogP contribution in [0.1, 0.15) is 48.9 Å². The van der Waals surface area contributed by atoms with Crippen molar-refractivity contribution < 1.29 is 14.4 Å². The zero-order valence-electron chi connectivity index (χ0n) is 18.0. The number of urea groups is 1. The van der Waals surface area contributed by atoms with Gasteiger partial charge in [-0.05, 0) is 56.1 Å². The monoisotopic (exact) mass is 424 g/mol. The largest absolute Gasteiger partial charge is 0.349 e. The van der Waals surface area contributed by atoms with E-state index in [1.165, 1.54) is 0 Å². The number of rotatable bonds is 2. The summed E-state index contributed by atoms with van der Waals surface area (Å²) in [6.45, 7) is 3.71. The molecule has 0 radical (unpaired) electrons. The third kappa shape index (κ3) is 4.14. The molecular weight excluding hydrogens is 392 g/mol. The van der Waals surface area contributed by atoms with E-state index in [0.717, 1.165) is 51.7 Å². The fourth-order valence-electron chi connectivity index (χ4n) is 6.04. The Kier molecular flexibility index (Phi) is 5.59. The number of nitrogens with one attached hydrogen (secondary N) is 1. The molecule has 166 valence electrons.